The third-order valence-corrected chi connectivity index (χ3v) is 2.51. The van der Waals surface area contributed by atoms with Crippen LogP contribution in [0, 0.1) is 12.1 Å². The predicted molar refractivity (Wildman–Crippen MR) is 60.5 cm³/mol. The predicted octanol–water partition coefficient (Wildman–Crippen LogP) is 1.65. The molecule has 0 aliphatic heterocycles. The van der Waals surface area contributed by atoms with E-state index < -0.39 is 0 Å². The monoisotopic (exact) mass is 215 g/mol. The van der Waals surface area contributed by atoms with E-state index in [1.165, 1.54) is 0 Å². The van der Waals surface area contributed by atoms with Crippen LogP contribution < -0.4 is 4.73 Å². The highest BCUT2D eigenvalue weighted by molar-refractivity contribution is 5.59. The summed E-state index contributed by atoms with van der Waals surface area (Å²) in [4.78, 5) is 0. The Morgan fingerprint density at radius 1 is 1.19 bits per heavy atom. The fourth-order valence-electron chi connectivity index (χ4n) is 1.59. The summed E-state index contributed by atoms with van der Waals surface area (Å²) in [5.41, 5.74) is 2.16. The second kappa shape index (κ2) is 4.26. The van der Waals surface area contributed by atoms with Crippen LogP contribution in [0.1, 0.15) is 18.4 Å². The Morgan fingerprint density at radius 3 is 2.50 bits per heavy atom. The molecule has 0 saturated heterocycles. The second-order valence-electron chi connectivity index (χ2n) is 3.56. The van der Waals surface area contributed by atoms with Crippen LogP contribution in [0.4, 0.5) is 0 Å². The molecule has 4 nitrogen and oxygen atoms in total. The minimum absolute atomic E-state index is 0.456. The lowest BCUT2D eigenvalue weighted by Crippen LogP contribution is -2.37. The second-order valence-corrected chi connectivity index (χ2v) is 3.56. The van der Waals surface area contributed by atoms with Crippen LogP contribution in [-0.4, -0.2) is 10.2 Å². The van der Waals surface area contributed by atoms with E-state index in [-0.39, 0.29) is 0 Å². The largest absolute Gasteiger partial charge is 0.710 e. The normalized spacial score (nSPS) is 10.4. The van der Waals surface area contributed by atoms with E-state index in [0.29, 0.717) is 23.6 Å². The summed E-state index contributed by atoms with van der Waals surface area (Å²) < 4.78 is 0.856. The van der Waals surface area contributed by atoms with Crippen LogP contribution in [0.25, 0.3) is 11.3 Å². The van der Waals surface area contributed by atoms with E-state index in [1.54, 1.807) is 6.92 Å². The Bertz CT molecular complexity index is 497. The lowest BCUT2D eigenvalue weighted by atomic mass is 10.1. The molecule has 0 radical (unpaired) electrons. The van der Waals surface area contributed by atoms with Gasteiger partial charge in [-0.3, -0.25) is 0 Å². The first-order valence-electron chi connectivity index (χ1n) is 5.25. The lowest BCUT2D eigenvalue weighted by molar-refractivity contribution is -0.624. The van der Waals surface area contributed by atoms with Gasteiger partial charge in [-0.25, -0.2) is 4.73 Å². The minimum Gasteiger partial charge on any atom is -0.710 e. The minimum atomic E-state index is 0.456. The van der Waals surface area contributed by atoms with E-state index in [9.17, 15) is 5.21 Å². The Balaban J connectivity index is 2.56. The third-order valence-electron chi connectivity index (χ3n) is 2.51. The van der Waals surface area contributed by atoms with Crippen molar-refractivity contribution < 1.29 is 4.73 Å². The van der Waals surface area contributed by atoms with Crippen LogP contribution in [-0.2, 0) is 6.42 Å². The molecule has 4 heteroatoms. The van der Waals surface area contributed by atoms with Gasteiger partial charge in [0.25, 0.3) is 0 Å². The standard InChI is InChI=1S/C12H13N3O/c1-3-11-13-14-12(9(2)15(11)16)10-7-5-4-6-8-10/h4-8H,3H2,1-2H3. The van der Waals surface area contributed by atoms with E-state index in [0.717, 1.165) is 10.3 Å². The van der Waals surface area contributed by atoms with E-state index in [1.807, 2.05) is 37.3 Å². The fourth-order valence-corrected chi connectivity index (χ4v) is 1.59. The molecule has 0 N–H and O–H groups in total. The Morgan fingerprint density at radius 2 is 1.88 bits per heavy atom. The molecule has 16 heavy (non-hydrogen) atoms. The molecule has 1 aromatic carbocycles. The summed E-state index contributed by atoms with van der Waals surface area (Å²) in [7, 11) is 0. The number of aryl methyl sites for hydroxylation is 1. The highest BCUT2D eigenvalue weighted by atomic mass is 16.5. The summed E-state index contributed by atoms with van der Waals surface area (Å²) >= 11 is 0. The number of hydrogen-bond acceptors (Lipinski definition) is 3. The topological polar surface area (TPSA) is 52.7 Å². The van der Waals surface area contributed by atoms with Crippen molar-refractivity contribution in [3.63, 3.8) is 0 Å². The fraction of sp³-hybridized carbons (Fsp3) is 0.250. The number of nitrogens with zero attached hydrogens (tertiary/aromatic N) is 3. The molecule has 2 rings (SSSR count). The van der Waals surface area contributed by atoms with E-state index in [4.69, 9.17) is 0 Å². The van der Waals surface area contributed by atoms with Gasteiger partial charge in [-0.05, 0) is 5.10 Å². The van der Waals surface area contributed by atoms with Crippen LogP contribution in [0.15, 0.2) is 30.3 Å². The molecule has 82 valence electrons. The van der Waals surface area contributed by atoms with Crippen molar-refractivity contribution in [2.24, 2.45) is 0 Å². The van der Waals surface area contributed by atoms with Gasteiger partial charge in [-0.15, -0.1) is 0 Å². The van der Waals surface area contributed by atoms with Crippen LogP contribution in [0.3, 0.4) is 0 Å². The summed E-state index contributed by atoms with van der Waals surface area (Å²) in [6.45, 7) is 3.66. The highest BCUT2D eigenvalue weighted by Crippen LogP contribution is 2.17. The lowest BCUT2D eigenvalue weighted by Gasteiger charge is -2.10. The number of aromatic nitrogens is 3. The molecule has 0 saturated carbocycles. The maximum absolute atomic E-state index is 11.8. The molecule has 1 heterocycles. The van der Waals surface area contributed by atoms with Crippen molar-refractivity contribution in [2.75, 3.05) is 0 Å². The smallest absolute Gasteiger partial charge is 0.329 e. The Hall–Kier alpha value is -1.97. The van der Waals surface area contributed by atoms with Crippen molar-refractivity contribution in [1.82, 2.24) is 10.2 Å². The molecular weight excluding hydrogens is 202 g/mol. The average molecular weight is 215 g/mol. The Kier molecular flexibility index (Phi) is 2.81. The van der Waals surface area contributed by atoms with Gasteiger partial charge in [0.15, 0.2) is 5.69 Å². The molecule has 0 aliphatic carbocycles. The van der Waals surface area contributed by atoms with Crippen LogP contribution >= 0.6 is 0 Å². The van der Waals surface area contributed by atoms with Crippen molar-refractivity contribution in [3.05, 3.63) is 47.1 Å². The van der Waals surface area contributed by atoms with Gasteiger partial charge in [0.05, 0.1) is 11.5 Å². The van der Waals surface area contributed by atoms with Gasteiger partial charge >= 0.3 is 5.82 Å². The van der Waals surface area contributed by atoms with Gasteiger partial charge in [0, 0.05) is 12.5 Å². The summed E-state index contributed by atoms with van der Waals surface area (Å²) in [5, 5.41) is 19.9. The molecule has 0 atom stereocenters. The van der Waals surface area contributed by atoms with Gasteiger partial charge in [0.1, 0.15) is 5.69 Å². The number of rotatable bonds is 2. The first-order chi connectivity index (χ1) is 7.74. The average Bonchev–Trinajstić information content (AvgIpc) is 2.34. The molecule has 0 aliphatic rings. The number of hydrogen-bond donors (Lipinski definition) is 0. The summed E-state index contributed by atoms with van der Waals surface area (Å²) in [5.74, 6) is 0.456. The third kappa shape index (κ3) is 1.74. The maximum atomic E-state index is 11.8. The zero-order valence-corrected chi connectivity index (χ0v) is 9.34. The molecule has 1 aromatic heterocycles. The quantitative estimate of drug-likeness (QED) is 0.565. The SMILES string of the molecule is CCc1nnc(-c2ccccc2)c(C)[n+]1[O-]. The molecule has 2 aromatic rings. The van der Waals surface area contributed by atoms with Gasteiger partial charge in [0.2, 0.25) is 0 Å². The molecule has 0 unspecified atom stereocenters. The van der Waals surface area contributed by atoms with Crippen molar-refractivity contribution in [2.45, 2.75) is 20.3 Å². The molecule has 0 bridgehead atoms. The van der Waals surface area contributed by atoms with Gasteiger partial charge in [-0.1, -0.05) is 37.3 Å². The molecule has 0 fully saturated rings. The van der Waals surface area contributed by atoms with E-state index >= 15 is 0 Å². The maximum Gasteiger partial charge on any atom is 0.329 e. The summed E-state index contributed by atoms with van der Waals surface area (Å²) in [6, 6.07) is 9.60. The molecule has 0 spiro atoms. The number of benzene rings is 1. The van der Waals surface area contributed by atoms with Crippen LogP contribution in [0.5, 0.6) is 0 Å². The Labute approximate surface area is 94.2 Å². The first-order valence-corrected chi connectivity index (χ1v) is 5.25. The zero-order valence-electron chi connectivity index (χ0n) is 9.34. The van der Waals surface area contributed by atoms with E-state index in [2.05, 4.69) is 10.2 Å². The van der Waals surface area contributed by atoms with Crippen molar-refractivity contribution >= 4 is 0 Å². The van der Waals surface area contributed by atoms with Gasteiger partial charge in [-0.2, -0.15) is 0 Å². The molecule has 0 amide bonds. The first kappa shape index (κ1) is 10.5. The highest BCUT2D eigenvalue weighted by Gasteiger charge is 2.15. The zero-order chi connectivity index (χ0) is 11.5. The van der Waals surface area contributed by atoms with Crippen molar-refractivity contribution in [3.8, 4) is 11.3 Å². The molecular formula is C12H13N3O. The van der Waals surface area contributed by atoms with Crippen molar-refractivity contribution in [1.29, 1.82) is 0 Å². The van der Waals surface area contributed by atoms with Crippen LogP contribution in [0.2, 0.25) is 0 Å². The summed E-state index contributed by atoms with van der Waals surface area (Å²) in [6.07, 6.45) is 0.590. The van der Waals surface area contributed by atoms with Gasteiger partial charge < -0.3 is 5.21 Å².